The van der Waals surface area contributed by atoms with Crippen LogP contribution in [0.4, 0.5) is 0 Å². The van der Waals surface area contributed by atoms with E-state index in [2.05, 4.69) is 5.32 Å². The number of benzene rings is 1. The average molecular weight is 432 g/mol. The zero-order valence-corrected chi connectivity index (χ0v) is 19.0. The van der Waals surface area contributed by atoms with Crippen LogP contribution in [0.5, 0.6) is 0 Å². The van der Waals surface area contributed by atoms with Gasteiger partial charge in [-0.15, -0.1) is 12.4 Å². The molecule has 0 aliphatic carbocycles. The number of carbonyl (C=O) groups is 1. The van der Waals surface area contributed by atoms with Gasteiger partial charge in [0, 0.05) is 31.1 Å². The van der Waals surface area contributed by atoms with Crippen LogP contribution in [-0.2, 0) is 14.8 Å². The molecule has 6 nitrogen and oxygen atoms in total. The van der Waals surface area contributed by atoms with Crippen LogP contribution in [0.25, 0.3) is 0 Å². The van der Waals surface area contributed by atoms with E-state index in [1.807, 2.05) is 39.8 Å². The van der Waals surface area contributed by atoms with Gasteiger partial charge >= 0.3 is 0 Å². The Morgan fingerprint density at radius 3 is 2.29 bits per heavy atom. The molecule has 0 spiro atoms. The van der Waals surface area contributed by atoms with Crippen molar-refractivity contribution in [2.75, 3.05) is 19.6 Å². The number of hydrogen-bond acceptors (Lipinski definition) is 4. The van der Waals surface area contributed by atoms with Crippen molar-refractivity contribution in [3.63, 3.8) is 0 Å². The first-order valence-electron chi connectivity index (χ1n) is 9.77. The second kappa shape index (κ2) is 10.1. The molecule has 1 aliphatic rings. The number of rotatable bonds is 7. The molecular weight excluding hydrogens is 398 g/mol. The number of hydrogen-bond donors (Lipinski definition) is 2. The first kappa shape index (κ1) is 24.9. The molecule has 1 aliphatic heterocycles. The molecule has 1 aromatic carbocycles. The number of aryl methyl sites for hydroxylation is 2. The maximum absolute atomic E-state index is 12.9. The number of piperidine rings is 1. The standard InChI is InChI=1S/C20H33N3O3S.ClH/c1-5-20(21,6-2)14-22-19(24)17-9-11-23(12-10-17)27(25,26)18-8-7-15(3)13-16(18)4;/h7-8,13,17H,5-6,9-12,14,21H2,1-4H3,(H,22,24);1H. The molecule has 1 amide bonds. The smallest absolute Gasteiger partial charge is 0.243 e. The molecule has 1 saturated heterocycles. The van der Waals surface area contributed by atoms with E-state index in [1.165, 1.54) is 4.31 Å². The zero-order valence-electron chi connectivity index (χ0n) is 17.3. The molecule has 160 valence electrons. The summed E-state index contributed by atoms with van der Waals surface area (Å²) in [5.74, 6) is -0.177. The minimum atomic E-state index is -3.52. The van der Waals surface area contributed by atoms with Crippen LogP contribution in [0.2, 0.25) is 0 Å². The minimum absolute atomic E-state index is 0. The van der Waals surface area contributed by atoms with Crippen LogP contribution < -0.4 is 11.1 Å². The highest BCUT2D eigenvalue weighted by molar-refractivity contribution is 7.89. The van der Waals surface area contributed by atoms with E-state index in [4.69, 9.17) is 5.73 Å². The van der Waals surface area contributed by atoms with Crippen LogP contribution >= 0.6 is 12.4 Å². The van der Waals surface area contributed by atoms with Gasteiger partial charge in [0.15, 0.2) is 0 Å². The van der Waals surface area contributed by atoms with E-state index in [1.54, 1.807) is 6.07 Å². The highest BCUT2D eigenvalue weighted by atomic mass is 35.5. The predicted molar refractivity (Wildman–Crippen MR) is 115 cm³/mol. The van der Waals surface area contributed by atoms with Crippen molar-refractivity contribution in [1.82, 2.24) is 9.62 Å². The van der Waals surface area contributed by atoms with Crippen molar-refractivity contribution < 1.29 is 13.2 Å². The summed E-state index contributed by atoms with van der Waals surface area (Å²) in [5.41, 5.74) is 7.66. The van der Waals surface area contributed by atoms with Crippen molar-refractivity contribution in [2.45, 2.75) is 63.8 Å². The first-order chi connectivity index (χ1) is 12.6. The van der Waals surface area contributed by atoms with E-state index in [0.717, 1.165) is 24.0 Å². The quantitative estimate of drug-likeness (QED) is 0.694. The SMILES string of the molecule is CCC(N)(CC)CNC(=O)C1CCN(S(=O)(=O)c2ccc(C)cc2C)CC1.Cl. The van der Waals surface area contributed by atoms with Gasteiger partial charge in [0.2, 0.25) is 15.9 Å². The highest BCUT2D eigenvalue weighted by Crippen LogP contribution is 2.26. The maximum Gasteiger partial charge on any atom is 0.243 e. The monoisotopic (exact) mass is 431 g/mol. The van der Waals surface area contributed by atoms with Gasteiger partial charge in [-0.05, 0) is 51.2 Å². The molecule has 1 aromatic rings. The lowest BCUT2D eigenvalue weighted by Crippen LogP contribution is -2.51. The normalized spacial score (nSPS) is 16.5. The van der Waals surface area contributed by atoms with Crippen molar-refractivity contribution in [1.29, 1.82) is 0 Å². The maximum atomic E-state index is 12.9. The number of carbonyl (C=O) groups excluding carboxylic acids is 1. The minimum Gasteiger partial charge on any atom is -0.354 e. The highest BCUT2D eigenvalue weighted by Gasteiger charge is 2.33. The molecule has 0 bridgehead atoms. The lowest BCUT2D eigenvalue weighted by molar-refractivity contribution is -0.126. The van der Waals surface area contributed by atoms with E-state index in [9.17, 15) is 13.2 Å². The molecule has 28 heavy (non-hydrogen) atoms. The van der Waals surface area contributed by atoms with E-state index in [0.29, 0.717) is 37.4 Å². The molecule has 1 heterocycles. The summed E-state index contributed by atoms with van der Waals surface area (Å²) in [6.45, 7) is 8.99. The zero-order chi connectivity index (χ0) is 20.2. The lowest BCUT2D eigenvalue weighted by atomic mass is 9.93. The summed E-state index contributed by atoms with van der Waals surface area (Å²) >= 11 is 0. The fourth-order valence-corrected chi connectivity index (χ4v) is 5.17. The lowest BCUT2D eigenvalue weighted by Gasteiger charge is -2.32. The fourth-order valence-electron chi connectivity index (χ4n) is 3.49. The predicted octanol–water partition coefficient (Wildman–Crippen LogP) is 2.76. The van der Waals surface area contributed by atoms with Gasteiger partial charge in [0.1, 0.15) is 0 Å². The van der Waals surface area contributed by atoms with E-state index >= 15 is 0 Å². The fraction of sp³-hybridized carbons (Fsp3) is 0.650. The summed E-state index contributed by atoms with van der Waals surface area (Å²) in [6.07, 6.45) is 2.67. The van der Waals surface area contributed by atoms with Crippen molar-refractivity contribution >= 4 is 28.3 Å². The molecule has 2 rings (SSSR count). The Morgan fingerprint density at radius 2 is 1.79 bits per heavy atom. The van der Waals surface area contributed by atoms with Crippen LogP contribution in [0.1, 0.15) is 50.7 Å². The average Bonchev–Trinajstić information content (AvgIpc) is 2.65. The molecule has 0 atom stereocenters. The summed E-state index contributed by atoms with van der Waals surface area (Å²) in [6, 6.07) is 5.38. The molecule has 3 N–H and O–H groups in total. The van der Waals surface area contributed by atoms with E-state index < -0.39 is 10.0 Å². The van der Waals surface area contributed by atoms with Gasteiger partial charge in [-0.25, -0.2) is 8.42 Å². The van der Waals surface area contributed by atoms with Gasteiger partial charge in [0.25, 0.3) is 0 Å². The Balaban J connectivity index is 0.00000392. The van der Waals surface area contributed by atoms with Crippen LogP contribution in [0.3, 0.4) is 0 Å². The van der Waals surface area contributed by atoms with Gasteiger partial charge in [0.05, 0.1) is 4.90 Å². The number of halogens is 1. The summed E-state index contributed by atoms with van der Waals surface area (Å²) in [4.78, 5) is 12.8. The third-order valence-electron chi connectivity index (χ3n) is 5.80. The number of sulfonamides is 1. The molecule has 0 aromatic heterocycles. The number of nitrogens with zero attached hydrogens (tertiary/aromatic N) is 1. The topological polar surface area (TPSA) is 92.5 Å². The van der Waals surface area contributed by atoms with Crippen molar-refractivity contribution in [3.8, 4) is 0 Å². The van der Waals surface area contributed by atoms with Gasteiger partial charge in [-0.3, -0.25) is 4.79 Å². The summed E-state index contributed by atoms with van der Waals surface area (Å²) < 4.78 is 27.4. The Bertz CT molecular complexity index is 771. The van der Waals surface area contributed by atoms with Gasteiger partial charge < -0.3 is 11.1 Å². The summed E-state index contributed by atoms with van der Waals surface area (Å²) in [7, 11) is -3.52. The third-order valence-corrected chi connectivity index (χ3v) is 7.85. The Labute approximate surface area is 175 Å². The van der Waals surface area contributed by atoms with Gasteiger partial charge in [-0.1, -0.05) is 31.5 Å². The number of nitrogens with one attached hydrogen (secondary N) is 1. The molecular formula is C20H34ClN3O3S. The molecule has 0 radical (unpaired) electrons. The van der Waals surface area contributed by atoms with Crippen LogP contribution in [0.15, 0.2) is 23.1 Å². The van der Waals surface area contributed by atoms with Crippen LogP contribution in [-0.4, -0.2) is 43.8 Å². The second-order valence-corrected chi connectivity index (χ2v) is 9.64. The molecule has 0 saturated carbocycles. The molecule has 0 unspecified atom stereocenters. The summed E-state index contributed by atoms with van der Waals surface area (Å²) in [5, 5.41) is 2.96. The number of amides is 1. The third kappa shape index (κ3) is 5.69. The first-order valence-corrected chi connectivity index (χ1v) is 11.2. The van der Waals surface area contributed by atoms with Gasteiger partial charge in [-0.2, -0.15) is 4.31 Å². The van der Waals surface area contributed by atoms with Crippen molar-refractivity contribution in [2.24, 2.45) is 11.7 Å². The Kier molecular flexibility index (Phi) is 8.93. The largest absolute Gasteiger partial charge is 0.354 e. The second-order valence-electron chi connectivity index (χ2n) is 7.73. The van der Waals surface area contributed by atoms with Crippen LogP contribution in [0, 0.1) is 19.8 Å². The Morgan fingerprint density at radius 1 is 1.21 bits per heavy atom. The molecule has 8 heteroatoms. The number of nitrogens with two attached hydrogens (primary N) is 1. The Hall–Kier alpha value is -1.15. The van der Waals surface area contributed by atoms with E-state index in [-0.39, 0.29) is 29.8 Å². The van der Waals surface area contributed by atoms with Crippen molar-refractivity contribution in [3.05, 3.63) is 29.3 Å². The molecule has 1 fully saturated rings.